The summed E-state index contributed by atoms with van der Waals surface area (Å²) in [6.45, 7) is 5.87. The Labute approximate surface area is 113 Å². The van der Waals surface area contributed by atoms with E-state index in [1.165, 1.54) is 0 Å². The van der Waals surface area contributed by atoms with Crippen LogP contribution in [0.15, 0.2) is 22.7 Å². The predicted octanol–water partition coefficient (Wildman–Crippen LogP) is 3.43. The molecular weight excluding hydrogens is 241 g/mol. The molecule has 1 fully saturated rings. The van der Waals surface area contributed by atoms with Crippen molar-refractivity contribution in [3.05, 3.63) is 22.7 Å². The fourth-order valence-corrected chi connectivity index (χ4v) is 2.92. The predicted molar refractivity (Wildman–Crippen MR) is 70.2 cm³/mol. The van der Waals surface area contributed by atoms with E-state index in [-0.39, 0.29) is 16.8 Å². The van der Waals surface area contributed by atoms with Gasteiger partial charge in [-0.1, -0.05) is 13.8 Å². The largest absolute Gasteiger partial charge is 0.372 e. The van der Waals surface area contributed by atoms with Crippen molar-refractivity contribution in [1.82, 2.24) is 4.90 Å². The molecule has 1 saturated heterocycles. The average molecular weight is 259 g/mol. The zero-order chi connectivity index (χ0) is 14.0. The van der Waals surface area contributed by atoms with Crippen LogP contribution in [0.3, 0.4) is 0 Å². The smallest absolute Gasteiger partial charge is 0.147 e. The van der Waals surface area contributed by atoms with Crippen molar-refractivity contribution in [3.63, 3.8) is 0 Å². The molecule has 19 heavy (non-hydrogen) atoms. The van der Waals surface area contributed by atoms with E-state index in [0.717, 1.165) is 25.9 Å². The summed E-state index contributed by atoms with van der Waals surface area (Å²) in [5.74, 6) is -0.334. The molecule has 1 aliphatic carbocycles. The Balaban J connectivity index is 2.51. The minimum Gasteiger partial charge on any atom is -0.372 e. The lowest BCUT2D eigenvalue weighted by atomic mass is 9.75. The SMILES string of the molecule is CC1(C)CC(=C(C#N)C#N)C(F)=C(N2CCCC2)C1. The van der Waals surface area contributed by atoms with Gasteiger partial charge in [-0.15, -0.1) is 0 Å². The highest BCUT2D eigenvalue weighted by Gasteiger charge is 2.35. The van der Waals surface area contributed by atoms with E-state index in [2.05, 4.69) is 18.7 Å². The molecule has 2 aliphatic rings. The molecule has 0 amide bonds. The summed E-state index contributed by atoms with van der Waals surface area (Å²) < 4.78 is 14.6. The van der Waals surface area contributed by atoms with E-state index in [1.54, 1.807) is 0 Å². The van der Waals surface area contributed by atoms with Crippen LogP contribution >= 0.6 is 0 Å². The topological polar surface area (TPSA) is 50.8 Å². The van der Waals surface area contributed by atoms with Crippen molar-refractivity contribution >= 4 is 0 Å². The van der Waals surface area contributed by atoms with Gasteiger partial charge in [-0.05, 0) is 31.1 Å². The van der Waals surface area contributed by atoms with Crippen molar-refractivity contribution < 1.29 is 4.39 Å². The molecular formula is C15H18FN3. The monoisotopic (exact) mass is 259 g/mol. The molecule has 0 aromatic carbocycles. The lowest BCUT2D eigenvalue weighted by Crippen LogP contribution is -2.29. The van der Waals surface area contributed by atoms with Crippen molar-refractivity contribution in [2.45, 2.75) is 39.5 Å². The molecule has 0 N–H and O–H groups in total. The second-order valence-corrected chi connectivity index (χ2v) is 6.05. The zero-order valence-electron chi connectivity index (χ0n) is 11.5. The normalized spacial score (nSPS) is 22.2. The summed E-state index contributed by atoms with van der Waals surface area (Å²) >= 11 is 0. The van der Waals surface area contributed by atoms with Crippen molar-refractivity contribution in [1.29, 1.82) is 10.5 Å². The Bertz CT molecular complexity index is 507. The summed E-state index contributed by atoms with van der Waals surface area (Å²) in [6.07, 6.45) is 3.29. The van der Waals surface area contributed by atoms with E-state index in [4.69, 9.17) is 10.5 Å². The van der Waals surface area contributed by atoms with Crippen LogP contribution in [0.25, 0.3) is 0 Å². The Morgan fingerprint density at radius 2 is 1.74 bits per heavy atom. The first-order valence-electron chi connectivity index (χ1n) is 6.66. The van der Waals surface area contributed by atoms with E-state index >= 15 is 0 Å². The Hall–Kier alpha value is -1.81. The maximum absolute atomic E-state index is 14.6. The number of allylic oxidation sites excluding steroid dienone is 4. The third-order valence-electron chi connectivity index (χ3n) is 3.83. The molecule has 0 saturated carbocycles. The fraction of sp³-hybridized carbons (Fsp3) is 0.600. The Morgan fingerprint density at radius 1 is 1.16 bits per heavy atom. The van der Waals surface area contributed by atoms with Gasteiger partial charge in [0.15, 0.2) is 0 Å². The van der Waals surface area contributed by atoms with Gasteiger partial charge in [0.25, 0.3) is 0 Å². The summed E-state index contributed by atoms with van der Waals surface area (Å²) in [7, 11) is 0. The number of nitrogens with zero attached hydrogens (tertiary/aromatic N) is 3. The molecule has 1 aliphatic heterocycles. The number of hydrogen-bond acceptors (Lipinski definition) is 3. The van der Waals surface area contributed by atoms with Gasteiger partial charge in [-0.2, -0.15) is 10.5 Å². The summed E-state index contributed by atoms with van der Waals surface area (Å²) in [4.78, 5) is 2.07. The van der Waals surface area contributed by atoms with Crippen LogP contribution in [0, 0.1) is 28.1 Å². The maximum Gasteiger partial charge on any atom is 0.147 e. The van der Waals surface area contributed by atoms with Gasteiger partial charge in [-0.25, -0.2) is 4.39 Å². The molecule has 0 aromatic rings. The standard InChI is InChI=1S/C15H18FN3/c1-15(2)7-12(11(9-17)10-18)14(16)13(8-15)19-5-3-4-6-19/h3-8H2,1-2H3. The molecule has 3 nitrogen and oxygen atoms in total. The molecule has 0 radical (unpaired) electrons. The molecule has 0 unspecified atom stereocenters. The van der Waals surface area contributed by atoms with Gasteiger partial charge in [0.1, 0.15) is 23.5 Å². The van der Waals surface area contributed by atoms with Gasteiger partial charge < -0.3 is 4.90 Å². The fourth-order valence-electron chi connectivity index (χ4n) is 2.92. The first kappa shape index (κ1) is 13.6. The lowest BCUT2D eigenvalue weighted by molar-refractivity contribution is 0.269. The lowest BCUT2D eigenvalue weighted by Gasteiger charge is -2.36. The Morgan fingerprint density at radius 3 is 2.26 bits per heavy atom. The molecule has 1 heterocycles. The maximum atomic E-state index is 14.6. The zero-order valence-corrected chi connectivity index (χ0v) is 11.5. The molecule has 0 atom stereocenters. The number of rotatable bonds is 1. The van der Waals surface area contributed by atoms with E-state index in [9.17, 15) is 4.39 Å². The van der Waals surface area contributed by atoms with Crippen LogP contribution < -0.4 is 0 Å². The number of nitriles is 2. The summed E-state index contributed by atoms with van der Waals surface area (Å²) in [6, 6.07) is 3.65. The van der Waals surface area contributed by atoms with E-state index < -0.39 is 0 Å². The van der Waals surface area contributed by atoms with Crippen LogP contribution in [0.5, 0.6) is 0 Å². The highest BCUT2D eigenvalue weighted by molar-refractivity contribution is 5.50. The van der Waals surface area contributed by atoms with E-state index in [0.29, 0.717) is 24.1 Å². The highest BCUT2D eigenvalue weighted by atomic mass is 19.1. The summed E-state index contributed by atoms with van der Waals surface area (Å²) in [5.41, 5.74) is 0.791. The van der Waals surface area contributed by atoms with Crippen molar-refractivity contribution in [2.24, 2.45) is 5.41 Å². The van der Waals surface area contributed by atoms with Gasteiger partial charge >= 0.3 is 0 Å². The first-order valence-corrected chi connectivity index (χ1v) is 6.66. The molecule has 0 spiro atoms. The summed E-state index contributed by atoms with van der Waals surface area (Å²) in [5, 5.41) is 18.0. The molecule has 0 bridgehead atoms. The first-order chi connectivity index (χ1) is 8.98. The van der Waals surface area contributed by atoms with Crippen LogP contribution in [0.1, 0.15) is 39.5 Å². The van der Waals surface area contributed by atoms with Gasteiger partial charge in [0, 0.05) is 18.7 Å². The average Bonchev–Trinajstić information content (AvgIpc) is 2.88. The van der Waals surface area contributed by atoms with Gasteiger partial charge in [0.2, 0.25) is 0 Å². The molecule has 100 valence electrons. The molecule has 4 heteroatoms. The Kier molecular flexibility index (Phi) is 3.62. The third-order valence-corrected chi connectivity index (χ3v) is 3.83. The van der Waals surface area contributed by atoms with Gasteiger partial charge in [-0.3, -0.25) is 0 Å². The molecule has 2 rings (SSSR count). The quantitative estimate of drug-likeness (QED) is 0.678. The van der Waals surface area contributed by atoms with Gasteiger partial charge in [0.05, 0.1) is 5.70 Å². The minimum atomic E-state index is -0.334. The second kappa shape index (κ2) is 5.05. The van der Waals surface area contributed by atoms with E-state index in [1.807, 2.05) is 12.1 Å². The van der Waals surface area contributed by atoms with Crippen molar-refractivity contribution in [2.75, 3.05) is 13.1 Å². The van der Waals surface area contributed by atoms with Crippen LogP contribution in [-0.2, 0) is 0 Å². The number of hydrogen-bond donors (Lipinski definition) is 0. The van der Waals surface area contributed by atoms with Crippen LogP contribution in [-0.4, -0.2) is 18.0 Å². The minimum absolute atomic E-state index is 0.0815. The van der Waals surface area contributed by atoms with Crippen LogP contribution in [0.2, 0.25) is 0 Å². The molecule has 0 aromatic heterocycles. The van der Waals surface area contributed by atoms with Crippen molar-refractivity contribution in [3.8, 4) is 12.1 Å². The third kappa shape index (κ3) is 2.63. The second-order valence-electron chi connectivity index (χ2n) is 6.05. The highest BCUT2D eigenvalue weighted by Crippen LogP contribution is 2.45. The number of halogens is 1. The number of likely N-dealkylation sites (tertiary alicyclic amines) is 1. The van der Waals surface area contributed by atoms with Crippen LogP contribution in [0.4, 0.5) is 4.39 Å².